The summed E-state index contributed by atoms with van der Waals surface area (Å²) in [6.45, 7) is -0.656. The van der Waals surface area contributed by atoms with Crippen LogP contribution in [0.1, 0.15) is 33.6 Å². The van der Waals surface area contributed by atoms with E-state index in [2.05, 4.69) is 4.84 Å². The second-order valence-corrected chi connectivity index (χ2v) is 3.71. The van der Waals surface area contributed by atoms with Crippen molar-refractivity contribution in [3.05, 3.63) is 35.4 Å². The summed E-state index contributed by atoms with van der Waals surface area (Å²) in [6, 6.07) is 6.17. The average Bonchev–Trinajstić information content (AvgIpc) is 2.62. The summed E-state index contributed by atoms with van der Waals surface area (Å²) >= 11 is 0. The maximum Gasteiger partial charge on any atom is 0.333 e. The van der Waals surface area contributed by atoms with E-state index in [9.17, 15) is 18.8 Å². The van der Waals surface area contributed by atoms with Gasteiger partial charge in [-0.05, 0) is 18.6 Å². The number of hydrogen-bond donors (Lipinski definition) is 0. The second kappa shape index (κ2) is 4.95. The number of halogens is 1. The van der Waals surface area contributed by atoms with E-state index in [0.29, 0.717) is 5.06 Å². The minimum Gasteiger partial charge on any atom is -0.330 e. The molecule has 6 heteroatoms. The highest BCUT2D eigenvalue weighted by Gasteiger charge is 2.38. The molecule has 2 amide bonds. The Morgan fingerprint density at radius 3 is 2.22 bits per heavy atom. The first kappa shape index (κ1) is 12.2. The molecule has 1 aromatic carbocycles. The van der Waals surface area contributed by atoms with Crippen molar-refractivity contribution in [3.63, 3.8) is 0 Å². The zero-order valence-corrected chi connectivity index (χ0v) is 9.39. The Balaban J connectivity index is 2.11. The van der Waals surface area contributed by atoms with Crippen LogP contribution in [0.4, 0.5) is 4.39 Å². The van der Waals surface area contributed by atoms with E-state index >= 15 is 0 Å². The number of hydrogen-bond acceptors (Lipinski definition) is 4. The first-order chi connectivity index (χ1) is 8.65. The number of hydroxylamine groups is 2. The van der Waals surface area contributed by atoms with Crippen LogP contribution in [0.5, 0.6) is 0 Å². The van der Waals surface area contributed by atoms with Crippen LogP contribution in [-0.2, 0) is 9.63 Å². The lowest BCUT2D eigenvalue weighted by Crippen LogP contribution is -2.32. The summed E-state index contributed by atoms with van der Waals surface area (Å²) in [6.07, 6.45) is -0.175. The minimum atomic E-state index is -0.804. The van der Waals surface area contributed by atoms with Crippen molar-refractivity contribution in [2.24, 2.45) is 0 Å². The van der Waals surface area contributed by atoms with Crippen LogP contribution in [0.2, 0.25) is 0 Å². The normalized spacial score (nSPS) is 13.7. The van der Waals surface area contributed by atoms with Crippen LogP contribution in [-0.4, -0.2) is 29.5 Å². The Bertz CT molecular complexity index is 480. The molecule has 0 bridgehead atoms. The molecule has 0 unspecified atom stereocenters. The van der Waals surface area contributed by atoms with E-state index in [1.54, 1.807) is 12.1 Å². The third-order valence-electron chi connectivity index (χ3n) is 2.46. The highest BCUT2D eigenvalue weighted by molar-refractivity contribution is 6.20. The minimum absolute atomic E-state index is 0.00199. The maximum atomic E-state index is 11.9. The molecule has 0 saturated carbocycles. The SMILES string of the molecule is O=C(CCCF)ON1C(=O)c2ccccc2C1=O. The van der Waals surface area contributed by atoms with E-state index in [1.807, 2.05) is 0 Å². The zero-order valence-electron chi connectivity index (χ0n) is 9.39. The molecule has 5 nitrogen and oxygen atoms in total. The third-order valence-corrected chi connectivity index (χ3v) is 2.46. The van der Waals surface area contributed by atoms with Gasteiger partial charge >= 0.3 is 5.97 Å². The summed E-state index contributed by atoms with van der Waals surface area (Å²) < 4.78 is 11.9. The lowest BCUT2D eigenvalue weighted by molar-refractivity contribution is -0.168. The predicted octanol–water partition coefficient (Wildman–Crippen LogP) is 1.49. The van der Waals surface area contributed by atoms with Gasteiger partial charge in [0.15, 0.2) is 0 Å². The molecular formula is C12H10FNO4. The molecule has 1 aromatic rings. The van der Waals surface area contributed by atoms with Crippen molar-refractivity contribution in [2.75, 3.05) is 6.67 Å². The molecule has 0 radical (unpaired) electrons. The molecule has 18 heavy (non-hydrogen) atoms. The number of amides is 2. The smallest absolute Gasteiger partial charge is 0.330 e. The largest absolute Gasteiger partial charge is 0.333 e. The zero-order chi connectivity index (χ0) is 13.1. The standard InChI is InChI=1S/C12H10FNO4/c13-7-3-6-10(15)18-14-11(16)8-4-1-2-5-9(8)12(14)17/h1-2,4-5H,3,6-7H2. The van der Waals surface area contributed by atoms with Crippen molar-refractivity contribution in [1.29, 1.82) is 0 Å². The third kappa shape index (κ3) is 2.09. The monoisotopic (exact) mass is 251 g/mol. The van der Waals surface area contributed by atoms with E-state index in [1.165, 1.54) is 12.1 Å². The number of benzene rings is 1. The molecule has 1 aliphatic rings. The first-order valence-electron chi connectivity index (χ1n) is 5.39. The number of carbonyl (C=O) groups excluding carboxylic acids is 3. The molecule has 0 N–H and O–H groups in total. The van der Waals surface area contributed by atoms with Crippen LogP contribution in [0.25, 0.3) is 0 Å². The number of carbonyl (C=O) groups is 3. The molecule has 0 aliphatic carbocycles. The summed E-state index contributed by atoms with van der Waals surface area (Å²) in [5.74, 6) is -2.16. The van der Waals surface area contributed by atoms with Gasteiger partial charge in [0.1, 0.15) is 0 Å². The number of fused-ring (bicyclic) bond motifs is 1. The van der Waals surface area contributed by atoms with Crippen molar-refractivity contribution in [3.8, 4) is 0 Å². The molecule has 1 heterocycles. The second-order valence-electron chi connectivity index (χ2n) is 3.71. The number of imide groups is 1. The molecule has 0 atom stereocenters. The maximum absolute atomic E-state index is 11.9. The van der Waals surface area contributed by atoms with E-state index < -0.39 is 24.5 Å². The number of alkyl halides is 1. The van der Waals surface area contributed by atoms with Gasteiger partial charge in [0, 0.05) is 0 Å². The van der Waals surface area contributed by atoms with Gasteiger partial charge in [-0.3, -0.25) is 14.0 Å². The summed E-state index contributed by atoms with van der Waals surface area (Å²) in [7, 11) is 0. The molecule has 0 fully saturated rings. The van der Waals surface area contributed by atoms with Crippen molar-refractivity contribution in [2.45, 2.75) is 12.8 Å². The summed E-state index contributed by atoms with van der Waals surface area (Å²) in [5, 5.41) is 0.422. The van der Waals surface area contributed by atoms with Crippen molar-refractivity contribution >= 4 is 17.8 Å². The highest BCUT2D eigenvalue weighted by atomic mass is 19.1. The highest BCUT2D eigenvalue weighted by Crippen LogP contribution is 2.22. The lowest BCUT2D eigenvalue weighted by atomic mass is 10.1. The van der Waals surface area contributed by atoms with Crippen LogP contribution in [0, 0.1) is 0 Å². The van der Waals surface area contributed by atoms with Gasteiger partial charge in [-0.2, -0.15) is 0 Å². The summed E-state index contributed by atoms with van der Waals surface area (Å²) in [5.41, 5.74) is 0.390. The Labute approximate surface area is 102 Å². The van der Waals surface area contributed by atoms with Gasteiger partial charge in [0.25, 0.3) is 11.8 Å². The van der Waals surface area contributed by atoms with E-state index in [0.717, 1.165) is 0 Å². The summed E-state index contributed by atoms with van der Waals surface area (Å²) in [4.78, 5) is 39.5. The Kier molecular flexibility index (Phi) is 3.36. The average molecular weight is 251 g/mol. The number of rotatable bonds is 4. The Morgan fingerprint density at radius 1 is 1.17 bits per heavy atom. The molecular weight excluding hydrogens is 241 g/mol. The molecule has 94 valence electrons. The predicted molar refractivity (Wildman–Crippen MR) is 58.2 cm³/mol. The van der Waals surface area contributed by atoms with Gasteiger partial charge < -0.3 is 4.84 Å². The lowest BCUT2D eigenvalue weighted by Gasteiger charge is -2.12. The fraction of sp³-hybridized carbons (Fsp3) is 0.250. The van der Waals surface area contributed by atoms with Gasteiger partial charge in [-0.25, -0.2) is 4.79 Å². The van der Waals surface area contributed by atoms with Gasteiger partial charge in [-0.1, -0.05) is 17.2 Å². The molecule has 0 spiro atoms. The van der Waals surface area contributed by atoms with Crippen LogP contribution < -0.4 is 0 Å². The van der Waals surface area contributed by atoms with Gasteiger partial charge in [-0.15, -0.1) is 0 Å². The van der Waals surface area contributed by atoms with Crippen LogP contribution in [0.3, 0.4) is 0 Å². The van der Waals surface area contributed by atoms with Crippen LogP contribution >= 0.6 is 0 Å². The van der Waals surface area contributed by atoms with Gasteiger partial charge in [0.05, 0.1) is 24.2 Å². The Hall–Kier alpha value is -2.24. The van der Waals surface area contributed by atoms with Crippen molar-refractivity contribution < 1.29 is 23.6 Å². The fourth-order valence-electron chi connectivity index (χ4n) is 1.61. The first-order valence-corrected chi connectivity index (χ1v) is 5.39. The molecule has 2 rings (SSSR count). The topological polar surface area (TPSA) is 63.7 Å². The molecule has 0 aromatic heterocycles. The van der Waals surface area contributed by atoms with Gasteiger partial charge in [0.2, 0.25) is 0 Å². The van der Waals surface area contributed by atoms with Crippen LogP contribution in [0.15, 0.2) is 24.3 Å². The number of nitrogens with zero attached hydrogens (tertiary/aromatic N) is 1. The quantitative estimate of drug-likeness (QED) is 0.760. The fourth-order valence-corrected chi connectivity index (χ4v) is 1.61. The van der Waals surface area contributed by atoms with E-state index in [-0.39, 0.29) is 24.0 Å². The van der Waals surface area contributed by atoms with E-state index in [4.69, 9.17) is 0 Å². The Morgan fingerprint density at radius 2 is 1.72 bits per heavy atom. The molecule has 1 aliphatic heterocycles. The van der Waals surface area contributed by atoms with Crippen molar-refractivity contribution in [1.82, 2.24) is 5.06 Å². The molecule has 0 saturated heterocycles.